The molecule has 0 amide bonds. The zero-order valence-electron chi connectivity index (χ0n) is 11.7. The van der Waals surface area contributed by atoms with Gasteiger partial charge in [0.05, 0.1) is 24.9 Å². The minimum atomic E-state index is -0.284. The molecule has 1 aromatic heterocycles. The summed E-state index contributed by atoms with van der Waals surface area (Å²) in [5, 5.41) is 7.18. The van der Waals surface area contributed by atoms with Crippen LogP contribution in [-0.4, -0.2) is 23.8 Å². The molecule has 0 bridgehead atoms. The molecule has 2 aromatic rings. The first-order chi connectivity index (χ1) is 10.6. The third kappa shape index (κ3) is 5.08. The van der Waals surface area contributed by atoms with Gasteiger partial charge in [-0.15, -0.1) is 11.3 Å². The standard InChI is InChI=1S/C14H13BrClN3O2S/c1-2-21-13(20)6-11-8-22-14(18-11)19-17-7-9-3-4-10(16)5-12(9)15/h3-5,7-8H,2,6H2,1H3,(H,18,19). The molecule has 0 atom stereocenters. The Balaban J connectivity index is 1.93. The summed E-state index contributed by atoms with van der Waals surface area (Å²) in [4.78, 5) is 15.6. The Hall–Kier alpha value is -1.44. The Morgan fingerprint density at radius 1 is 1.59 bits per heavy atom. The lowest BCUT2D eigenvalue weighted by Gasteiger charge is -1.99. The van der Waals surface area contributed by atoms with E-state index in [0.717, 1.165) is 10.0 Å². The molecule has 1 heterocycles. The van der Waals surface area contributed by atoms with E-state index in [1.807, 2.05) is 6.07 Å². The van der Waals surface area contributed by atoms with Crippen molar-refractivity contribution in [1.82, 2.24) is 4.98 Å². The first-order valence-corrected chi connectivity index (χ1v) is 8.47. The second-order valence-corrected chi connectivity index (χ2v) is 6.31. The highest BCUT2D eigenvalue weighted by molar-refractivity contribution is 9.10. The lowest BCUT2D eigenvalue weighted by Crippen LogP contribution is -2.07. The smallest absolute Gasteiger partial charge is 0.311 e. The molecule has 8 heteroatoms. The first-order valence-electron chi connectivity index (χ1n) is 6.42. The van der Waals surface area contributed by atoms with E-state index in [0.29, 0.717) is 22.5 Å². The Labute approximate surface area is 145 Å². The van der Waals surface area contributed by atoms with Crippen molar-refractivity contribution >= 4 is 56.2 Å². The molecule has 0 aliphatic carbocycles. The molecule has 0 saturated heterocycles. The van der Waals surface area contributed by atoms with E-state index in [-0.39, 0.29) is 12.4 Å². The van der Waals surface area contributed by atoms with Gasteiger partial charge in [0.15, 0.2) is 0 Å². The molecule has 0 radical (unpaired) electrons. The Kier molecular flexibility index (Phi) is 6.35. The maximum Gasteiger partial charge on any atom is 0.311 e. The Morgan fingerprint density at radius 2 is 2.41 bits per heavy atom. The van der Waals surface area contributed by atoms with Crippen LogP contribution in [0.5, 0.6) is 0 Å². The summed E-state index contributed by atoms with van der Waals surface area (Å²) in [5.74, 6) is -0.284. The van der Waals surface area contributed by atoms with E-state index in [9.17, 15) is 4.79 Å². The van der Waals surface area contributed by atoms with Crippen molar-refractivity contribution in [3.05, 3.63) is 44.3 Å². The van der Waals surface area contributed by atoms with Gasteiger partial charge in [0.1, 0.15) is 0 Å². The second kappa shape index (κ2) is 8.26. The van der Waals surface area contributed by atoms with E-state index in [1.165, 1.54) is 11.3 Å². The maximum absolute atomic E-state index is 11.4. The van der Waals surface area contributed by atoms with Crippen molar-refractivity contribution in [2.75, 3.05) is 12.0 Å². The van der Waals surface area contributed by atoms with Crippen LogP contribution in [0.1, 0.15) is 18.2 Å². The van der Waals surface area contributed by atoms with Gasteiger partial charge in [0.2, 0.25) is 5.13 Å². The zero-order chi connectivity index (χ0) is 15.9. The molecule has 116 valence electrons. The molecular weight excluding hydrogens is 390 g/mol. The van der Waals surface area contributed by atoms with Gasteiger partial charge >= 0.3 is 5.97 Å². The second-order valence-electron chi connectivity index (χ2n) is 4.16. The molecule has 0 fully saturated rings. The van der Waals surface area contributed by atoms with Crippen molar-refractivity contribution in [1.29, 1.82) is 0 Å². The Morgan fingerprint density at radius 3 is 3.14 bits per heavy atom. The molecular formula is C14H13BrClN3O2S. The van der Waals surface area contributed by atoms with Crippen LogP contribution in [-0.2, 0) is 16.0 Å². The molecule has 0 spiro atoms. The average Bonchev–Trinajstić information content (AvgIpc) is 2.89. The van der Waals surface area contributed by atoms with E-state index >= 15 is 0 Å². The van der Waals surface area contributed by atoms with Crippen molar-refractivity contribution in [2.24, 2.45) is 5.10 Å². The highest BCUT2D eigenvalue weighted by Gasteiger charge is 2.07. The number of hydrogen-bond acceptors (Lipinski definition) is 6. The van der Waals surface area contributed by atoms with Gasteiger partial charge in [-0.2, -0.15) is 5.10 Å². The van der Waals surface area contributed by atoms with E-state index in [2.05, 4.69) is 31.4 Å². The van der Waals surface area contributed by atoms with E-state index < -0.39 is 0 Å². The summed E-state index contributed by atoms with van der Waals surface area (Å²) in [6, 6.07) is 5.43. The number of halogens is 2. The average molecular weight is 403 g/mol. The van der Waals surface area contributed by atoms with Crippen molar-refractivity contribution in [3.8, 4) is 0 Å². The fraction of sp³-hybridized carbons (Fsp3) is 0.214. The number of carbonyl (C=O) groups excluding carboxylic acids is 1. The lowest BCUT2D eigenvalue weighted by atomic mass is 10.2. The monoisotopic (exact) mass is 401 g/mol. The van der Waals surface area contributed by atoms with Crippen LogP contribution in [0, 0.1) is 0 Å². The number of carbonyl (C=O) groups is 1. The van der Waals surface area contributed by atoms with Gasteiger partial charge in [0.25, 0.3) is 0 Å². The van der Waals surface area contributed by atoms with Crippen molar-refractivity contribution in [3.63, 3.8) is 0 Å². The van der Waals surface area contributed by atoms with Gasteiger partial charge in [-0.05, 0) is 19.1 Å². The zero-order valence-corrected chi connectivity index (χ0v) is 14.8. The predicted molar refractivity (Wildman–Crippen MR) is 92.8 cm³/mol. The molecule has 0 aliphatic rings. The highest BCUT2D eigenvalue weighted by atomic mass is 79.9. The number of benzene rings is 1. The van der Waals surface area contributed by atoms with Crippen LogP contribution < -0.4 is 5.43 Å². The number of rotatable bonds is 6. The molecule has 0 saturated carbocycles. The minimum Gasteiger partial charge on any atom is -0.466 e. The van der Waals surface area contributed by atoms with Crippen molar-refractivity contribution in [2.45, 2.75) is 13.3 Å². The molecule has 0 unspecified atom stereocenters. The van der Waals surface area contributed by atoms with E-state index in [4.69, 9.17) is 16.3 Å². The number of hydrazone groups is 1. The summed E-state index contributed by atoms with van der Waals surface area (Å²) in [6.07, 6.45) is 1.82. The molecule has 0 aliphatic heterocycles. The summed E-state index contributed by atoms with van der Waals surface area (Å²) in [5.41, 5.74) is 4.38. The van der Waals surface area contributed by atoms with Gasteiger partial charge < -0.3 is 4.74 Å². The molecule has 1 N–H and O–H groups in total. The lowest BCUT2D eigenvalue weighted by molar-refractivity contribution is -0.142. The third-order valence-corrected chi connectivity index (χ3v) is 4.23. The highest BCUT2D eigenvalue weighted by Crippen LogP contribution is 2.20. The maximum atomic E-state index is 11.4. The van der Waals surface area contributed by atoms with Crippen LogP contribution in [0.2, 0.25) is 5.02 Å². The van der Waals surface area contributed by atoms with Gasteiger partial charge in [-0.25, -0.2) is 4.98 Å². The van der Waals surface area contributed by atoms with Gasteiger partial charge in [-0.3, -0.25) is 10.2 Å². The van der Waals surface area contributed by atoms with Crippen molar-refractivity contribution < 1.29 is 9.53 Å². The number of nitrogens with one attached hydrogen (secondary N) is 1. The van der Waals surface area contributed by atoms with Crippen LogP contribution in [0.25, 0.3) is 0 Å². The number of ether oxygens (including phenoxy) is 1. The summed E-state index contributed by atoms with van der Waals surface area (Å²) < 4.78 is 5.73. The number of esters is 1. The number of thiazole rings is 1. The number of aromatic nitrogens is 1. The summed E-state index contributed by atoms with van der Waals surface area (Å²) >= 11 is 10.7. The van der Waals surface area contributed by atoms with Crippen LogP contribution in [0.3, 0.4) is 0 Å². The fourth-order valence-corrected chi connectivity index (χ4v) is 3.01. The molecule has 22 heavy (non-hydrogen) atoms. The number of anilines is 1. The Bertz CT molecular complexity index is 690. The van der Waals surface area contributed by atoms with E-state index in [1.54, 1.807) is 30.7 Å². The molecule has 2 rings (SSSR count). The quantitative estimate of drug-likeness (QED) is 0.449. The normalized spacial score (nSPS) is 10.9. The van der Waals surface area contributed by atoms with Gasteiger partial charge in [0, 0.05) is 20.4 Å². The minimum absolute atomic E-state index is 0.165. The molecule has 1 aromatic carbocycles. The first kappa shape index (κ1) is 16.9. The largest absolute Gasteiger partial charge is 0.466 e. The molecule has 5 nitrogen and oxygen atoms in total. The third-order valence-electron chi connectivity index (χ3n) is 2.51. The fourth-order valence-electron chi connectivity index (χ4n) is 1.56. The van der Waals surface area contributed by atoms with Gasteiger partial charge in [-0.1, -0.05) is 33.6 Å². The predicted octanol–water partition coefficient (Wildman–Crippen LogP) is 4.11. The summed E-state index contributed by atoms with van der Waals surface area (Å²) in [6.45, 7) is 2.14. The number of hydrogen-bond donors (Lipinski definition) is 1. The van der Waals surface area contributed by atoms with Crippen LogP contribution in [0.15, 0.2) is 33.2 Å². The number of nitrogens with zero attached hydrogens (tertiary/aromatic N) is 2. The van der Waals surface area contributed by atoms with Crippen LogP contribution >= 0.6 is 38.9 Å². The SMILES string of the molecule is CCOC(=O)Cc1csc(NN=Cc2ccc(Cl)cc2Br)n1. The van der Waals surface area contributed by atoms with Crippen LogP contribution in [0.4, 0.5) is 5.13 Å². The summed E-state index contributed by atoms with van der Waals surface area (Å²) in [7, 11) is 0. The topological polar surface area (TPSA) is 63.6 Å².